The predicted molar refractivity (Wildman–Crippen MR) is 103 cm³/mol. The molecule has 128 valence electrons. The minimum atomic E-state index is 0.484. The highest BCUT2D eigenvalue weighted by atomic mass is 35.5. The van der Waals surface area contributed by atoms with Crippen molar-refractivity contribution < 1.29 is 0 Å². The molecule has 0 radical (unpaired) electrons. The van der Waals surface area contributed by atoms with Crippen LogP contribution in [0.25, 0.3) is 0 Å². The summed E-state index contributed by atoms with van der Waals surface area (Å²) in [6.07, 6.45) is 3.44. The molecule has 0 bridgehead atoms. The van der Waals surface area contributed by atoms with Crippen LogP contribution >= 0.6 is 11.6 Å². The number of hydrogen-bond donors (Lipinski definition) is 2. The number of nitrogens with one attached hydrogen (secondary N) is 2. The summed E-state index contributed by atoms with van der Waals surface area (Å²) in [4.78, 5) is 4.47. The van der Waals surface area contributed by atoms with Crippen molar-refractivity contribution in [3.8, 4) is 0 Å². The van der Waals surface area contributed by atoms with Crippen molar-refractivity contribution in [2.24, 2.45) is 0 Å². The molecule has 2 aromatic carbocycles. The Kier molecular flexibility index (Phi) is 5.80. The lowest BCUT2D eigenvalue weighted by Crippen LogP contribution is -2.09. The Labute approximate surface area is 152 Å². The number of aromatic nitrogens is 3. The summed E-state index contributed by atoms with van der Waals surface area (Å²) in [6.45, 7) is 2.87. The highest BCUT2D eigenvalue weighted by molar-refractivity contribution is 6.30. The van der Waals surface area contributed by atoms with E-state index in [4.69, 9.17) is 11.6 Å². The second-order valence-corrected chi connectivity index (χ2v) is 6.04. The van der Waals surface area contributed by atoms with Gasteiger partial charge in [0, 0.05) is 17.3 Å². The van der Waals surface area contributed by atoms with E-state index >= 15 is 0 Å². The molecule has 0 fully saturated rings. The molecule has 0 aliphatic heterocycles. The van der Waals surface area contributed by atoms with E-state index in [1.165, 1.54) is 11.1 Å². The normalized spacial score (nSPS) is 10.5. The van der Waals surface area contributed by atoms with Crippen LogP contribution in [0.2, 0.25) is 5.02 Å². The lowest BCUT2D eigenvalue weighted by atomic mass is 10.1. The first-order chi connectivity index (χ1) is 12.2. The monoisotopic (exact) mass is 353 g/mol. The number of nitrogens with zero attached hydrogens (tertiary/aromatic N) is 3. The van der Waals surface area contributed by atoms with E-state index in [0.717, 1.165) is 30.1 Å². The first-order valence-electron chi connectivity index (χ1n) is 8.27. The van der Waals surface area contributed by atoms with Crippen molar-refractivity contribution in [1.82, 2.24) is 15.2 Å². The Hall–Kier alpha value is -2.66. The maximum Gasteiger partial charge on any atom is 0.249 e. The molecule has 0 unspecified atom stereocenters. The second-order valence-electron chi connectivity index (χ2n) is 5.60. The van der Waals surface area contributed by atoms with Gasteiger partial charge in [0.05, 0.1) is 6.20 Å². The summed E-state index contributed by atoms with van der Waals surface area (Å²) in [5, 5.41) is 15.3. The molecule has 5 nitrogen and oxygen atoms in total. The van der Waals surface area contributed by atoms with Crippen LogP contribution < -0.4 is 10.6 Å². The third kappa shape index (κ3) is 4.90. The summed E-state index contributed by atoms with van der Waals surface area (Å²) in [7, 11) is 0. The summed E-state index contributed by atoms with van der Waals surface area (Å²) in [5.74, 6) is 1.18. The fourth-order valence-corrected chi connectivity index (χ4v) is 2.62. The van der Waals surface area contributed by atoms with Crippen LogP contribution in [-0.2, 0) is 12.8 Å². The number of hydrogen-bond acceptors (Lipinski definition) is 5. The molecule has 0 saturated carbocycles. The van der Waals surface area contributed by atoms with Gasteiger partial charge in [0.1, 0.15) is 0 Å². The van der Waals surface area contributed by atoms with Crippen LogP contribution in [0.5, 0.6) is 0 Å². The van der Waals surface area contributed by atoms with Gasteiger partial charge in [-0.1, -0.05) is 48.9 Å². The van der Waals surface area contributed by atoms with Crippen LogP contribution in [0.4, 0.5) is 17.5 Å². The Morgan fingerprint density at radius 3 is 2.64 bits per heavy atom. The number of rotatable bonds is 7. The van der Waals surface area contributed by atoms with E-state index < -0.39 is 0 Å². The fourth-order valence-electron chi connectivity index (χ4n) is 2.50. The fraction of sp³-hybridized carbons (Fsp3) is 0.211. The summed E-state index contributed by atoms with van der Waals surface area (Å²) >= 11 is 5.90. The molecule has 0 atom stereocenters. The SMILES string of the molecule is CCc1ccccc1Nc1nncc(NCCc2ccc(Cl)cc2)n1. The Morgan fingerprint density at radius 2 is 1.84 bits per heavy atom. The maximum absolute atomic E-state index is 5.90. The first kappa shape index (κ1) is 17.2. The van der Waals surface area contributed by atoms with Gasteiger partial charge in [0.25, 0.3) is 0 Å². The summed E-state index contributed by atoms with van der Waals surface area (Å²) < 4.78 is 0. The van der Waals surface area contributed by atoms with Gasteiger partial charge in [-0.2, -0.15) is 10.1 Å². The molecule has 6 heteroatoms. The van der Waals surface area contributed by atoms with Gasteiger partial charge in [-0.15, -0.1) is 5.10 Å². The van der Waals surface area contributed by atoms with Crippen LogP contribution in [0.1, 0.15) is 18.1 Å². The highest BCUT2D eigenvalue weighted by Gasteiger charge is 2.04. The largest absolute Gasteiger partial charge is 0.368 e. The Bertz CT molecular complexity index is 820. The van der Waals surface area contributed by atoms with Crippen LogP contribution in [0.3, 0.4) is 0 Å². The van der Waals surface area contributed by atoms with Crippen molar-refractivity contribution in [2.75, 3.05) is 17.2 Å². The molecule has 1 heterocycles. The third-order valence-electron chi connectivity index (χ3n) is 3.84. The number of anilines is 3. The number of para-hydroxylation sites is 1. The second kappa shape index (κ2) is 8.44. The molecule has 3 rings (SSSR count). The molecule has 0 aliphatic carbocycles. The molecule has 0 saturated heterocycles. The molecular formula is C19H20ClN5. The molecule has 0 amide bonds. The number of halogens is 1. The van der Waals surface area contributed by atoms with Gasteiger partial charge < -0.3 is 10.6 Å². The average molecular weight is 354 g/mol. The van der Waals surface area contributed by atoms with Gasteiger partial charge >= 0.3 is 0 Å². The molecular weight excluding hydrogens is 334 g/mol. The Morgan fingerprint density at radius 1 is 1.04 bits per heavy atom. The zero-order valence-corrected chi connectivity index (χ0v) is 14.8. The predicted octanol–water partition coefficient (Wildman–Crippen LogP) is 4.49. The number of benzene rings is 2. The van der Waals surface area contributed by atoms with Crippen molar-refractivity contribution >= 4 is 29.1 Å². The summed E-state index contributed by atoms with van der Waals surface area (Å²) in [6, 6.07) is 16.0. The van der Waals surface area contributed by atoms with E-state index in [1.54, 1.807) is 6.20 Å². The molecule has 0 spiro atoms. The summed E-state index contributed by atoms with van der Waals surface area (Å²) in [5.41, 5.74) is 3.44. The smallest absolute Gasteiger partial charge is 0.249 e. The van der Waals surface area contributed by atoms with Gasteiger partial charge in [-0.05, 0) is 42.2 Å². The van der Waals surface area contributed by atoms with Gasteiger partial charge in [-0.25, -0.2) is 0 Å². The van der Waals surface area contributed by atoms with Gasteiger partial charge in [0.2, 0.25) is 5.95 Å². The zero-order chi connectivity index (χ0) is 17.5. The molecule has 3 aromatic rings. The molecule has 1 aromatic heterocycles. The van der Waals surface area contributed by atoms with E-state index in [-0.39, 0.29) is 0 Å². The van der Waals surface area contributed by atoms with Gasteiger partial charge in [0.15, 0.2) is 5.82 Å². The molecule has 0 aliphatic rings. The average Bonchev–Trinajstić information content (AvgIpc) is 2.64. The quantitative estimate of drug-likeness (QED) is 0.655. The molecule has 2 N–H and O–H groups in total. The van der Waals surface area contributed by atoms with E-state index in [1.807, 2.05) is 42.5 Å². The van der Waals surface area contributed by atoms with E-state index in [0.29, 0.717) is 11.8 Å². The third-order valence-corrected chi connectivity index (χ3v) is 4.09. The Balaban J connectivity index is 1.60. The van der Waals surface area contributed by atoms with Crippen LogP contribution in [-0.4, -0.2) is 21.7 Å². The topological polar surface area (TPSA) is 62.7 Å². The first-order valence-corrected chi connectivity index (χ1v) is 8.65. The minimum absolute atomic E-state index is 0.484. The van der Waals surface area contributed by atoms with Crippen molar-refractivity contribution in [1.29, 1.82) is 0 Å². The maximum atomic E-state index is 5.90. The lowest BCUT2D eigenvalue weighted by molar-refractivity contribution is 0.949. The van der Waals surface area contributed by atoms with Crippen molar-refractivity contribution in [3.63, 3.8) is 0 Å². The molecule has 25 heavy (non-hydrogen) atoms. The van der Waals surface area contributed by atoms with E-state index in [9.17, 15) is 0 Å². The lowest BCUT2D eigenvalue weighted by Gasteiger charge is -2.10. The van der Waals surface area contributed by atoms with Crippen molar-refractivity contribution in [2.45, 2.75) is 19.8 Å². The standard InChI is InChI=1S/C19H20ClN5/c1-2-15-5-3-4-6-17(15)23-19-24-18(13-22-25-19)21-12-11-14-7-9-16(20)10-8-14/h3-10,13H,2,11-12H2,1H3,(H2,21,23,24,25). The van der Waals surface area contributed by atoms with Crippen LogP contribution in [0.15, 0.2) is 54.7 Å². The zero-order valence-electron chi connectivity index (χ0n) is 14.0. The van der Waals surface area contributed by atoms with Crippen LogP contribution in [0, 0.1) is 0 Å². The van der Waals surface area contributed by atoms with Gasteiger partial charge in [-0.3, -0.25) is 0 Å². The van der Waals surface area contributed by atoms with E-state index in [2.05, 4.69) is 38.8 Å². The van der Waals surface area contributed by atoms with Crippen molar-refractivity contribution in [3.05, 3.63) is 70.9 Å². The highest BCUT2D eigenvalue weighted by Crippen LogP contribution is 2.19. The number of aryl methyl sites for hydroxylation is 1. The minimum Gasteiger partial charge on any atom is -0.368 e.